The fraction of sp³-hybridized carbons (Fsp3) is 0.143. The summed E-state index contributed by atoms with van der Waals surface area (Å²) in [7, 11) is 0. The van der Waals surface area contributed by atoms with Gasteiger partial charge in [0.25, 0.3) is 5.69 Å². The smallest absolute Gasteiger partial charge is 0.269 e. The molecule has 1 aromatic heterocycles. The quantitative estimate of drug-likeness (QED) is 0.301. The van der Waals surface area contributed by atoms with Gasteiger partial charge in [0.1, 0.15) is 0 Å². The molecular formula is C14H12Br2N2O3. The van der Waals surface area contributed by atoms with Crippen molar-refractivity contribution >= 4 is 27.4 Å². The zero-order chi connectivity index (χ0) is 14.7. The summed E-state index contributed by atoms with van der Waals surface area (Å²) in [6, 6.07) is 9.39. The Balaban J connectivity index is 0.00000220. The maximum absolute atomic E-state index is 12.2. The van der Waals surface area contributed by atoms with E-state index in [1.54, 1.807) is 0 Å². The van der Waals surface area contributed by atoms with Crippen LogP contribution >= 0.6 is 15.9 Å². The van der Waals surface area contributed by atoms with Crippen LogP contribution in [0.2, 0.25) is 0 Å². The van der Waals surface area contributed by atoms with Crippen LogP contribution in [0.1, 0.15) is 16.1 Å². The first-order valence-corrected chi connectivity index (χ1v) is 6.70. The highest BCUT2D eigenvalue weighted by molar-refractivity contribution is 9.10. The molecule has 7 heteroatoms. The number of aromatic nitrogens is 1. The average molecular weight is 416 g/mol. The molecule has 0 aliphatic heterocycles. The van der Waals surface area contributed by atoms with Crippen LogP contribution in [0.15, 0.2) is 47.1 Å². The number of halogens is 2. The molecule has 0 aliphatic carbocycles. The second kappa shape index (κ2) is 7.42. The molecule has 5 nitrogen and oxygen atoms in total. The fourth-order valence-electron chi connectivity index (χ4n) is 1.79. The Morgan fingerprint density at radius 1 is 1.29 bits per heavy atom. The van der Waals surface area contributed by atoms with E-state index in [1.807, 2.05) is 29.8 Å². The maximum atomic E-state index is 12.2. The zero-order valence-electron chi connectivity index (χ0n) is 11.1. The Morgan fingerprint density at radius 2 is 1.90 bits per heavy atom. The number of hydrogen-bond acceptors (Lipinski definition) is 3. The van der Waals surface area contributed by atoms with Crippen LogP contribution in [0.5, 0.6) is 0 Å². The average Bonchev–Trinajstić information content (AvgIpc) is 2.44. The van der Waals surface area contributed by atoms with Crippen LogP contribution in [0.3, 0.4) is 0 Å². The van der Waals surface area contributed by atoms with Crippen LogP contribution in [-0.2, 0) is 6.54 Å². The normalized spacial score (nSPS) is 9.81. The standard InChI is InChI=1S/C14H12BrN2O3.BrH/c1-10-13(15)3-2-8-16(10)9-14(18)11-4-6-12(7-5-11)17(19)20;/h2-8H,9H2,1H3;1H/q+1;/p-1. The first kappa shape index (κ1) is 17.5. The third-order valence-corrected chi connectivity index (χ3v) is 3.84. The second-order valence-electron chi connectivity index (χ2n) is 4.30. The molecule has 0 saturated carbocycles. The summed E-state index contributed by atoms with van der Waals surface area (Å²) >= 11 is 3.41. The number of non-ortho nitro benzene ring substituents is 1. The molecule has 0 spiro atoms. The minimum Gasteiger partial charge on any atom is -1.00 e. The van der Waals surface area contributed by atoms with E-state index in [1.165, 1.54) is 24.3 Å². The van der Waals surface area contributed by atoms with Gasteiger partial charge in [-0.05, 0) is 34.1 Å². The number of carbonyl (C=O) groups is 1. The van der Waals surface area contributed by atoms with Gasteiger partial charge in [-0.15, -0.1) is 0 Å². The molecule has 2 aromatic rings. The van der Waals surface area contributed by atoms with Crippen molar-refractivity contribution in [2.24, 2.45) is 0 Å². The van der Waals surface area contributed by atoms with Crippen molar-refractivity contribution in [3.63, 3.8) is 0 Å². The molecule has 1 aromatic carbocycles. The van der Waals surface area contributed by atoms with Crippen LogP contribution in [0.25, 0.3) is 0 Å². The molecule has 0 N–H and O–H groups in total. The maximum Gasteiger partial charge on any atom is 0.269 e. The number of hydrogen-bond donors (Lipinski definition) is 0. The number of rotatable bonds is 4. The monoisotopic (exact) mass is 414 g/mol. The molecular weight excluding hydrogens is 404 g/mol. The van der Waals surface area contributed by atoms with Crippen molar-refractivity contribution in [3.05, 3.63) is 68.4 Å². The minimum atomic E-state index is -0.485. The van der Waals surface area contributed by atoms with E-state index in [4.69, 9.17) is 0 Å². The van der Waals surface area contributed by atoms with Crippen molar-refractivity contribution in [3.8, 4) is 0 Å². The van der Waals surface area contributed by atoms with Gasteiger partial charge in [0, 0.05) is 30.7 Å². The summed E-state index contributed by atoms with van der Waals surface area (Å²) in [5, 5.41) is 10.6. The Hall–Kier alpha value is -1.60. The minimum absolute atomic E-state index is 0. The highest BCUT2D eigenvalue weighted by atomic mass is 79.9. The summed E-state index contributed by atoms with van der Waals surface area (Å²) < 4.78 is 2.75. The van der Waals surface area contributed by atoms with Crippen LogP contribution in [0, 0.1) is 17.0 Å². The predicted octanol–water partition coefficient (Wildman–Crippen LogP) is -0.160. The first-order chi connectivity index (χ1) is 9.49. The largest absolute Gasteiger partial charge is 1.00 e. The molecule has 0 amide bonds. The Morgan fingerprint density at radius 3 is 2.48 bits per heavy atom. The summed E-state index contributed by atoms with van der Waals surface area (Å²) in [6.07, 6.45) is 1.82. The number of nitro benzene ring substituents is 1. The number of ketones is 1. The number of carbonyl (C=O) groups excluding carboxylic acids is 1. The third-order valence-electron chi connectivity index (χ3n) is 3.00. The highest BCUT2D eigenvalue weighted by Crippen LogP contribution is 2.13. The molecule has 1 heterocycles. The molecule has 21 heavy (non-hydrogen) atoms. The lowest BCUT2D eigenvalue weighted by atomic mass is 10.1. The number of pyridine rings is 1. The topological polar surface area (TPSA) is 64.1 Å². The van der Waals surface area contributed by atoms with Gasteiger partial charge in [0.2, 0.25) is 12.3 Å². The van der Waals surface area contributed by atoms with Crippen LogP contribution in [-0.4, -0.2) is 10.7 Å². The Bertz CT molecular complexity index is 672. The summed E-state index contributed by atoms with van der Waals surface area (Å²) in [4.78, 5) is 22.2. The van der Waals surface area contributed by atoms with Gasteiger partial charge in [0.15, 0.2) is 11.9 Å². The molecule has 0 atom stereocenters. The number of benzene rings is 1. The predicted molar refractivity (Wildman–Crippen MR) is 76.5 cm³/mol. The van der Waals surface area contributed by atoms with Gasteiger partial charge in [0.05, 0.1) is 9.40 Å². The van der Waals surface area contributed by atoms with Crippen LogP contribution < -0.4 is 21.5 Å². The van der Waals surface area contributed by atoms with E-state index >= 15 is 0 Å². The molecule has 0 unspecified atom stereocenters. The molecule has 0 bridgehead atoms. The summed E-state index contributed by atoms with van der Waals surface area (Å²) in [5.74, 6) is -0.0916. The van der Waals surface area contributed by atoms with Gasteiger partial charge >= 0.3 is 0 Å². The van der Waals surface area contributed by atoms with Gasteiger partial charge in [-0.1, -0.05) is 0 Å². The van der Waals surface area contributed by atoms with E-state index < -0.39 is 4.92 Å². The van der Waals surface area contributed by atoms with E-state index in [0.29, 0.717) is 5.56 Å². The Labute approximate surface area is 140 Å². The van der Waals surface area contributed by atoms with E-state index in [9.17, 15) is 14.9 Å². The van der Waals surface area contributed by atoms with Crippen LogP contribution in [0.4, 0.5) is 5.69 Å². The molecule has 110 valence electrons. The van der Waals surface area contributed by atoms with Gasteiger partial charge < -0.3 is 17.0 Å². The first-order valence-electron chi connectivity index (χ1n) is 5.91. The highest BCUT2D eigenvalue weighted by Gasteiger charge is 2.16. The van der Waals surface area contributed by atoms with Crippen molar-refractivity contribution in [1.29, 1.82) is 0 Å². The molecule has 0 saturated heterocycles. The van der Waals surface area contributed by atoms with Gasteiger partial charge in [-0.2, -0.15) is 4.57 Å². The van der Waals surface area contributed by atoms with Gasteiger partial charge in [-0.3, -0.25) is 14.9 Å². The van der Waals surface area contributed by atoms with Crippen molar-refractivity contribution in [2.45, 2.75) is 13.5 Å². The molecule has 0 radical (unpaired) electrons. The molecule has 2 rings (SSSR count). The van der Waals surface area contributed by atoms with Crippen molar-refractivity contribution in [2.75, 3.05) is 0 Å². The Kier molecular flexibility index (Phi) is 6.17. The lowest BCUT2D eigenvalue weighted by molar-refractivity contribution is -0.689. The number of Topliss-reactive ketones (excluding diaryl/α,β-unsaturated/α-hetero) is 1. The summed E-state index contributed by atoms with van der Waals surface area (Å²) in [6.45, 7) is 2.11. The van der Waals surface area contributed by atoms with Gasteiger partial charge in [-0.25, -0.2) is 0 Å². The van der Waals surface area contributed by atoms with E-state index in [-0.39, 0.29) is 35.0 Å². The molecule has 0 fully saturated rings. The second-order valence-corrected chi connectivity index (χ2v) is 5.15. The van der Waals surface area contributed by atoms with E-state index in [2.05, 4.69) is 15.9 Å². The SMILES string of the molecule is Cc1c(Br)ccc[n+]1CC(=O)c1ccc([N+](=O)[O-])cc1.[Br-]. The van der Waals surface area contributed by atoms with Crippen molar-refractivity contribution < 1.29 is 31.3 Å². The van der Waals surface area contributed by atoms with E-state index in [0.717, 1.165) is 10.2 Å². The number of nitro groups is 1. The molecule has 0 aliphatic rings. The lowest BCUT2D eigenvalue weighted by Gasteiger charge is -2.02. The fourth-order valence-corrected chi connectivity index (χ4v) is 2.17. The number of nitrogens with zero attached hydrogens (tertiary/aromatic N) is 2. The van der Waals surface area contributed by atoms with Crippen molar-refractivity contribution in [1.82, 2.24) is 0 Å². The summed E-state index contributed by atoms with van der Waals surface area (Å²) in [5.41, 5.74) is 1.39. The zero-order valence-corrected chi connectivity index (χ0v) is 14.3. The lowest BCUT2D eigenvalue weighted by Crippen LogP contribution is -3.00. The third kappa shape index (κ3) is 4.18.